The van der Waals surface area contributed by atoms with Gasteiger partial charge in [0.15, 0.2) is 0 Å². The number of hydrogen-bond acceptors (Lipinski definition) is 1. The van der Waals surface area contributed by atoms with Gasteiger partial charge in [-0.05, 0) is 12.2 Å². The molecular weight excluding hydrogens is 142 g/mol. The molecule has 0 aromatic rings. The molecule has 3 heteroatoms. The van der Waals surface area contributed by atoms with Gasteiger partial charge in [0.25, 0.3) is 5.25 Å². The van der Waals surface area contributed by atoms with Gasteiger partial charge in [0.1, 0.15) is 0 Å². The molecule has 0 aromatic carbocycles. The Morgan fingerprint density at radius 3 is 2.44 bits per heavy atom. The number of halogens is 2. The molecule has 0 aliphatic rings. The van der Waals surface area contributed by atoms with Gasteiger partial charge in [-0.3, -0.25) is 0 Å². The van der Waals surface area contributed by atoms with Crippen LogP contribution in [0.3, 0.4) is 0 Å². The molecular formula is C6H11F2S. The van der Waals surface area contributed by atoms with Crippen LogP contribution in [0.15, 0.2) is 0 Å². The van der Waals surface area contributed by atoms with Crippen LogP contribution in [0.2, 0.25) is 0 Å². The summed E-state index contributed by atoms with van der Waals surface area (Å²) in [4.78, 5) is 0. The van der Waals surface area contributed by atoms with E-state index in [2.05, 4.69) is 6.92 Å². The highest BCUT2D eigenvalue weighted by atomic mass is 32.2. The summed E-state index contributed by atoms with van der Waals surface area (Å²) in [6.07, 6.45) is 0.484. The Morgan fingerprint density at radius 2 is 2.11 bits per heavy atom. The second-order valence-corrected chi connectivity index (χ2v) is 2.99. The molecule has 0 atom stereocenters. The first-order valence-electron chi connectivity index (χ1n) is 2.93. The highest BCUT2D eigenvalue weighted by molar-refractivity contribution is 8.00. The summed E-state index contributed by atoms with van der Waals surface area (Å²) in [5, 5.41) is -2.53. The van der Waals surface area contributed by atoms with Gasteiger partial charge in [-0.25, -0.2) is 0 Å². The number of alkyl halides is 2. The number of rotatable bonds is 4. The summed E-state index contributed by atoms with van der Waals surface area (Å²) in [6.45, 7) is 4.95. The lowest BCUT2D eigenvalue weighted by atomic mass is 10.5. The Labute approximate surface area is 59.0 Å². The van der Waals surface area contributed by atoms with Crippen molar-refractivity contribution in [3.8, 4) is 0 Å². The topological polar surface area (TPSA) is 0 Å². The van der Waals surface area contributed by atoms with E-state index in [4.69, 9.17) is 0 Å². The van der Waals surface area contributed by atoms with Gasteiger partial charge in [-0.1, -0.05) is 25.6 Å². The summed E-state index contributed by atoms with van der Waals surface area (Å²) in [7, 11) is 0. The molecule has 0 nitrogen and oxygen atoms in total. The SMILES string of the molecule is [CH2]CCSC(F)(F)CC. The van der Waals surface area contributed by atoms with E-state index in [1.165, 1.54) is 6.92 Å². The van der Waals surface area contributed by atoms with Crippen LogP contribution in [0.1, 0.15) is 19.8 Å². The standard InChI is InChI=1S/C6H11F2S/c1-3-5-9-6(7,8)4-2/h1,3-5H2,2H3. The Hall–Kier alpha value is 0.210. The quantitative estimate of drug-likeness (QED) is 0.598. The van der Waals surface area contributed by atoms with Crippen molar-refractivity contribution in [3.63, 3.8) is 0 Å². The maximum absolute atomic E-state index is 12.3. The van der Waals surface area contributed by atoms with Crippen LogP contribution >= 0.6 is 11.8 Å². The summed E-state index contributed by atoms with van der Waals surface area (Å²) in [5.74, 6) is 0.445. The second kappa shape index (κ2) is 4.09. The van der Waals surface area contributed by atoms with Crippen molar-refractivity contribution < 1.29 is 8.78 Å². The van der Waals surface area contributed by atoms with Crippen molar-refractivity contribution in [1.82, 2.24) is 0 Å². The van der Waals surface area contributed by atoms with E-state index < -0.39 is 5.25 Å². The first-order valence-corrected chi connectivity index (χ1v) is 3.92. The third-order valence-corrected chi connectivity index (χ3v) is 2.07. The summed E-state index contributed by atoms with van der Waals surface area (Å²) >= 11 is 0.683. The van der Waals surface area contributed by atoms with Crippen molar-refractivity contribution in [2.24, 2.45) is 0 Å². The maximum atomic E-state index is 12.3. The molecule has 0 saturated carbocycles. The molecule has 0 N–H and O–H groups in total. The summed E-state index contributed by atoms with van der Waals surface area (Å²) < 4.78 is 24.6. The molecule has 0 rings (SSSR count). The van der Waals surface area contributed by atoms with E-state index in [9.17, 15) is 8.78 Å². The zero-order valence-corrected chi connectivity index (χ0v) is 6.31. The van der Waals surface area contributed by atoms with Crippen LogP contribution in [0, 0.1) is 6.92 Å². The average molecular weight is 153 g/mol. The third kappa shape index (κ3) is 4.70. The van der Waals surface area contributed by atoms with Crippen LogP contribution in [0.5, 0.6) is 0 Å². The summed E-state index contributed by atoms with van der Waals surface area (Å²) in [6, 6.07) is 0. The van der Waals surface area contributed by atoms with Gasteiger partial charge >= 0.3 is 0 Å². The van der Waals surface area contributed by atoms with E-state index in [1.807, 2.05) is 0 Å². The smallest absolute Gasteiger partial charge is 0.194 e. The normalized spacial score (nSPS) is 12.0. The number of hydrogen-bond donors (Lipinski definition) is 0. The van der Waals surface area contributed by atoms with E-state index in [0.717, 1.165) is 0 Å². The van der Waals surface area contributed by atoms with Crippen molar-refractivity contribution >= 4 is 11.8 Å². The molecule has 0 aliphatic carbocycles. The van der Waals surface area contributed by atoms with E-state index >= 15 is 0 Å². The summed E-state index contributed by atoms with van der Waals surface area (Å²) in [5.41, 5.74) is 0. The lowest BCUT2D eigenvalue weighted by molar-refractivity contribution is 0.102. The number of thioether (sulfide) groups is 1. The fourth-order valence-corrected chi connectivity index (χ4v) is 0.971. The Balaban J connectivity index is 3.33. The van der Waals surface area contributed by atoms with Crippen molar-refractivity contribution in [2.75, 3.05) is 5.75 Å². The predicted octanol–water partition coefficient (Wildman–Crippen LogP) is 2.95. The minimum Gasteiger partial charge on any atom is -0.194 e. The zero-order valence-electron chi connectivity index (χ0n) is 5.49. The monoisotopic (exact) mass is 153 g/mol. The molecule has 0 unspecified atom stereocenters. The minimum atomic E-state index is -2.53. The molecule has 55 valence electrons. The first-order chi connectivity index (χ1) is 4.12. The average Bonchev–Trinajstić information content (AvgIpc) is 1.84. The Bertz CT molecular complexity index is 73.5. The van der Waals surface area contributed by atoms with Crippen LogP contribution < -0.4 is 0 Å². The van der Waals surface area contributed by atoms with E-state index in [-0.39, 0.29) is 6.42 Å². The molecule has 0 amide bonds. The van der Waals surface area contributed by atoms with Crippen LogP contribution in [0.25, 0.3) is 0 Å². The fraction of sp³-hybridized carbons (Fsp3) is 0.833. The highest BCUT2D eigenvalue weighted by Crippen LogP contribution is 2.32. The maximum Gasteiger partial charge on any atom is 0.293 e. The zero-order chi connectivity index (χ0) is 7.33. The molecule has 0 bridgehead atoms. The van der Waals surface area contributed by atoms with E-state index in [1.54, 1.807) is 0 Å². The Morgan fingerprint density at radius 1 is 1.56 bits per heavy atom. The molecule has 1 radical (unpaired) electrons. The predicted molar refractivity (Wildman–Crippen MR) is 37.7 cm³/mol. The lowest BCUT2D eigenvalue weighted by Crippen LogP contribution is -2.08. The van der Waals surface area contributed by atoms with Crippen molar-refractivity contribution in [2.45, 2.75) is 25.0 Å². The Kier molecular flexibility index (Phi) is 4.19. The largest absolute Gasteiger partial charge is 0.293 e. The van der Waals surface area contributed by atoms with Gasteiger partial charge < -0.3 is 0 Å². The van der Waals surface area contributed by atoms with Crippen LogP contribution in [0.4, 0.5) is 8.78 Å². The fourth-order valence-electron chi connectivity index (χ4n) is 0.324. The van der Waals surface area contributed by atoms with Gasteiger partial charge in [0, 0.05) is 6.42 Å². The van der Waals surface area contributed by atoms with Crippen LogP contribution in [-0.4, -0.2) is 11.0 Å². The molecule has 0 saturated heterocycles. The van der Waals surface area contributed by atoms with Gasteiger partial charge in [0.05, 0.1) is 0 Å². The van der Waals surface area contributed by atoms with Crippen molar-refractivity contribution in [1.29, 1.82) is 0 Å². The third-order valence-electron chi connectivity index (χ3n) is 0.869. The lowest BCUT2D eigenvalue weighted by Gasteiger charge is -2.11. The van der Waals surface area contributed by atoms with Gasteiger partial charge in [-0.15, -0.1) is 0 Å². The van der Waals surface area contributed by atoms with Crippen LogP contribution in [-0.2, 0) is 0 Å². The molecule has 9 heavy (non-hydrogen) atoms. The minimum absolute atomic E-state index is 0.0856. The van der Waals surface area contributed by atoms with Crippen molar-refractivity contribution in [3.05, 3.63) is 6.92 Å². The molecule has 0 spiro atoms. The van der Waals surface area contributed by atoms with Gasteiger partial charge in [0.2, 0.25) is 0 Å². The highest BCUT2D eigenvalue weighted by Gasteiger charge is 2.25. The van der Waals surface area contributed by atoms with Gasteiger partial charge in [-0.2, -0.15) is 8.78 Å². The molecule has 0 fully saturated rings. The second-order valence-electron chi connectivity index (χ2n) is 1.69. The molecule has 0 aromatic heterocycles. The first kappa shape index (κ1) is 9.21. The van der Waals surface area contributed by atoms with E-state index in [0.29, 0.717) is 23.9 Å². The molecule has 0 heterocycles. The molecule has 0 aliphatic heterocycles.